The Bertz CT molecular complexity index is 473. The second-order valence-electron chi connectivity index (χ2n) is 4.94. The average Bonchev–Trinajstić information content (AvgIpc) is 2.93. The summed E-state index contributed by atoms with van der Waals surface area (Å²) in [6, 6.07) is 3.59. The molecule has 1 unspecified atom stereocenters. The highest BCUT2D eigenvalue weighted by atomic mass is 19.2. The van der Waals surface area contributed by atoms with E-state index in [0.29, 0.717) is 12.2 Å². The van der Waals surface area contributed by atoms with Crippen LogP contribution in [0.15, 0.2) is 18.2 Å². The highest BCUT2D eigenvalue weighted by Gasteiger charge is 2.27. The van der Waals surface area contributed by atoms with Gasteiger partial charge in [0.2, 0.25) is 0 Å². The lowest BCUT2D eigenvalue weighted by atomic mass is 10.0. The van der Waals surface area contributed by atoms with Gasteiger partial charge in [-0.2, -0.15) is 0 Å². The molecule has 1 heterocycles. The van der Waals surface area contributed by atoms with Gasteiger partial charge in [0, 0.05) is 6.04 Å². The smallest absolute Gasteiger partial charge is 0.307 e. The highest BCUT2D eigenvalue weighted by molar-refractivity contribution is 5.70. The van der Waals surface area contributed by atoms with E-state index in [0.717, 1.165) is 32.0 Å². The molecule has 0 radical (unpaired) electrons. The average molecular weight is 283 g/mol. The first-order valence-corrected chi connectivity index (χ1v) is 6.96. The quantitative estimate of drug-likeness (QED) is 0.778. The molecule has 0 spiro atoms. The van der Waals surface area contributed by atoms with E-state index in [9.17, 15) is 13.6 Å². The van der Waals surface area contributed by atoms with E-state index < -0.39 is 11.6 Å². The predicted octanol–water partition coefficient (Wildman–Crippen LogP) is 3.05. The van der Waals surface area contributed by atoms with Crippen LogP contribution in [0, 0.1) is 11.6 Å². The number of hydrogen-bond acceptors (Lipinski definition) is 3. The van der Waals surface area contributed by atoms with Crippen LogP contribution >= 0.6 is 0 Å². The van der Waals surface area contributed by atoms with Crippen molar-refractivity contribution in [1.82, 2.24) is 4.90 Å². The van der Waals surface area contributed by atoms with Crippen molar-refractivity contribution in [2.45, 2.75) is 32.2 Å². The fourth-order valence-electron chi connectivity index (χ4n) is 2.61. The topological polar surface area (TPSA) is 29.5 Å². The minimum absolute atomic E-state index is 0.166. The SMILES string of the molecule is CCOC(=O)CC(c1ccc(F)c(F)c1)N1CCCC1. The zero-order valence-electron chi connectivity index (χ0n) is 11.6. The summed E-state index contributed by atoms with van der Waals surface area (Å²) < 4.78 is 31.4. The molecule has 0 bridgehead atoms. The Hall–Kier alpha value is -1.49. The zero-order chi connectivity index (χ0) is 14.5. The van der Waals surface area contributed by atoms with Crippen LogP contribution in [0.4, 0.5) is 8.78 Å². The van der Waals surface area contributed by atoms with Crippen LogP contribution in [0.25, 0.3) is 0 Å². The minimum Gasteiger partial charge on any atom is -0.466 e. The number of benzene rings is 1. The van der Waals surface area contributed by atoms with Gasteiger partial charge in [0.05, 0.1) is 13.0 Å². The Labute approximate surface area is 117 Å². The van der Waals surface area contributed by atoms with E-state index in [4.69, 9.17) is 4.74 Å². The maximum atomic E-state index is 13.4. The van der Waals surface area contributed by atoms with E-state index in [1.54, 1.807) is 13.0 Å². The van der Waals surface area contributed by atoms with Crippen molar-refractivity contribution >= 4 is 5.97 Å². The third-order valence-corrected chi connectivity index (χ3v) is 3.58. The lowest BCUT2D eigenvalue weighted by molar-refractivity contribution is -0.144. The van der Waals surface area contributed by atoms with Crippen LogP contribution in [-0.4, -0.2) is 30.6 Å². The van der Waals surface area contributed by atoms with Crippen molar-refractivity contribution in [1.29, 1.82) is 0 Å². The third kappa shape index (κ3) is 3.54. The van der Waals surface area contributed by atoms with Gasteiger partial charge in [0.25, 0.3) is 0 Å². The lowest BCUT2D eigenvalue weighted by Crippen LogP contribution is -2.28. The summed E-state index contributed by atoms with van der Waals surface area (Å²) in [5.74, 6) is -2.06. The maximum Gasteiger partial charge on any atom is 0.307 e. The van der Waals surface area contributed by atoms with Crippen molar-refractivity contribution < 1.29 is 18.3 Å². The van der Waals surface area contributed by atoms with Gasteiger partial charge in [0.15, 0.2) is 11.6 Å². The highest BCUT2D eigenvalue weighted by Crippen LogP contribution is 2.29. The van der Waals surface area contributed by atoms with Gasteiger partial charge in [-0.1, -0.05) is 6.07 Å². The third-order valence-electron chi connectivity index (χ3n) is 3.58. The molecule has 0 aromatic heterocycles. The largest absolute Gasteiger partial charge is 0.466 e. The van der Waals surface area contributed by atoms with Crippen molar-refractivity contribution in [2.24, 2.45) is 0 Å². The van der Waals surface area contributed by atoms with Crippen molar-refractivity contribution in [3.63, 3.8) is 0 Å². The first kappa shape index (κ1) is 14.9. The molecule has 1 aromatic carbocycles. The van der Waals surface area contributed by atoms with E-state index >= 15 is 0 Å². The molecule has 1 aliphatic heterocycles. The van der Waals surface area contributed by atoms with Gasteiger partial charge in [-0.05, 0) is 50.6 Å². The van der Waals surface area contributed by atoms with Crippen molar-refractivity contribution in [3.05, 3.63) is 35.4 Å². The summed E-state index contributed by atoms with van der Waals surface area (Å²) >= 11 is 0. The van der Waals surface area contributed by atoms with Crippen LogP contribution in [-0.2, 0) is 9.53 Å². The summed E-state index contributed by atoms with van der Waals surface area (Å²) in [5.41, 5.74) is 0.624. The van der Waals surface area contributed by atoms with Gasteiger partial charge in [-0.15, -0.1) is 0 Å². The number of rotatable bonds is 5. The Kier molecular flexibility index (Phi) is 5.06. The lowest BCUT2D eigenvalue weighted by Gasteiger charge is -2.27. The summed E-state index contributed by atoms with van der Waals surface area (Å²) in [6.07, 6.45) is 2.28. The summed E-state index contributed by atoms with van der Waals surface area (Å²) in [4.78, 5) is 13.8. The molecule has 1 aliphatic rings. The molecule has 110 valence electrons. The van der Waals surface area contributed by atoms with Crippen molar-refractivity contribution in [3.8, 4) is 0 Å². The van der Waals surface area contributed by atoms with Gasteiger partial charge < -0.3 is 4.74 Å². The number of nitrogens with zero attached hydrogens (tertiary/aromatic N) is 1. The fraction of sp³-hybridized carbons (Fsp3) is 0.533. The fourth-order valence-corrected chi connectivity index (χ4v) is 2.61. The van der Waals surface area contributed by atoms with Crippen LogP contribution in [0.2, 0.25) is 0 Å². The van der Waals surface area contributed by atoms with E-state index in [1.165, 1.54) is 6.07 Å². The van der Waals surface area contributed by atoms with Crippen LogP contribution < -0.4 is 0 Å². The molecule has 0 saturated carbocycles. The molecule has 2 rings (SSSR count). The molecule has 1 aromatic rings. The summed E-state index contributed by atoms with van der Waals surface area (Å²) in [7, 11) is 0. The monoisotopic (exact) mass is 283 g/mol. The molecule has 5 heteroatoms. The normalized spacial score (nSPS) is 17.1. The van der Waals surface area contributed by atoms with E-state index in [1.807, 2.05) is 0 Å². The standard InChI is InChI=1S/C15H19F2NO2/c1-2-20-15(19)10-14(18-7-3-4-8-18)11-5-6-12(16)13(17)9-11/h5-6,9,14H,2-4,7-8,10H2,1H3. The summed E-state index contributed by atoms with van der Waals surface area (Å²) in [5, 5.41) is 0. The number of ether oxygens (including phenoxy) is 1. The Morgan fingerprint density at radius 1 is 1.30 bits per heavy atom. The van der Waals surface area contributed by atoms with Gasteiger partial charge in [-0.25, -0.2) is 8.78 Å². The Morgan fingerprint density at radius 3 is 2.60 bits per heavy atom. The number of carbonyl (C=O) groups excluding carboxylic acids is 1. The van der Waals surface area contributed by atoms with Crippen molar-refractivity contribution in [2.75, 3.05) is 19.7 Å². The molecule has 20 heavy (non-hydrogen) atoms. The molecular formula is C15H19F2NO2. The molecule has 0 N–H and O–H groups in total. The first-order valence-electron chi connectivity index (χ1n) is 6.96. The van der Waals surface area contributed by atoms with Gasteiger partial charge in [0.1, 0.15) is 0 Å². The number of esters is 1. The molecular weight excluding hydrogens is 264 g/mol. The molecule has 0 aliphatic carbocycles. The maximum absolute atomic E-state index is 13.4. The predicted molar refractivity (Wildman–Crippen MR) is 71.2 cm³/mol. The molecule has 1 saturated heterocycles. The minimum atomic E-state index is -0.879. The molecule has 1 fully saturated rings. The zero-order valence-corrected chi connectivity index (χ0v) is 11.6. The van der Waals surface area contributed by atoms with Crippen LogP contribution in [0.5, 0.6) is 0 Å². The molecule has 1 atom stereocenters. The number of halogens is 2. The van der Waals surface area contributed by atoms with Crippen LogP contribution in [0.1, 0.15) is 37.8 Å². The second kappa shape index (κ2) is 6.79. The van der Waals surface area contributed by atoms with Gasteiger partial charge >= 0.3 is 5.97 Å². The van der Waals surface area contributed by atoms with E-state index in [2.05, 4.69) is 4.90 Å². The molecule has 0 amide bonds. The molecule has 3 nitrogen and oxygen atoms in total. The van der Waals surface area contributed by atoms with Crippen LogP contribution in [0.3, 0.4) is 0 Å². The Morgan fingerprint density at radius 2 is 2.00 bits per heavy atom. The van der Waals surface area contributed by atoms with Gasteiger partial charge in [-0.3, -0.25) is 9.69 Å². The summed E-state index contributed by atoms with van der Waals surface area (Å²) in [6.45, 7) is 3.80. The number of hydrogen-bond donors (Lipinski definition) is 0. The Balaban J connectivity index is 2.20. The second-order valence-corrected chi connectivity index (χ2v) is 4.94. The number of likely N-dealkylation sites (tertiary alicyclic amines) is 1. The van der Waals surface area contributed by atoms with E-state index in [-0.39, 0.29) is 18.4 Å². The first-order chi connectivity index (χ1) is 9.61. The number of carbonyl (C=O) groups is 1.